The van der Waals surface area contributed by atoms with Crippen molar-refractivity contribution in [3.8, 4) is 11.4 Å². The van der Waals surface area contributed by atoms with E-state index in [-0.39, 0.29) is 22.9 Å². The number of Topliss-reactive ketones (excluding diaryl/α,β-unsaturated/α-hetero) is 1. The number of nitrogens with zero attached hydrogens (tertiary/aromatic N) is 3. The summed E-state index contributed by atoms with van der Waals surface area (Å²) >= 11 is 1.12. The first-order valence-corrected chi connectivity index (χ1v) is 8.89. The lowest BCUT2D eigenvalue weighted by Crippen LogP contribution is -2.06. The molecular weight excluding hydrogens is 375 g/mol. The van der Waals surface area contributed by atoms with Gasteiger partial charge in [0.2, 0.25) is 0 Å². The first kappa shape index (κ1) is 18.9. The maximum Gasteiger partial charge on any atom is 0.192 e. The van der Waals surface area contributed by atoms with Crippen LogP contribution in [0.25, 0.3) is 11.4 Å². The van der Waals surface area contributed by atoms with Gasteiger partial charge in [0.15, 0.2) is 28.4 Å². The van der Waals surface area contributed by atoms with Crippen LogP contribution in [0.4, 0.5) is 13.2 Å². The molecule has 0 fully saturated rings. The largest absolute Gasteiger partial charge is 0.298 e. The zero-order chi connectivity index (χ0) is 19.4. The topological polar surface area (TPSA) is 47.8 Å². The van der Waals surface area contributed by atoms with Crippen LogP contribution in [0, 0.1) is 17.5 Å². The van der Waals surface area contributed by atoms with E-state index < -0.39 is 11.6 Å². The fourth-order valence-electron chi connectivity index (χ4n) is 2.38. The van der Waals surface area contributed by atoms with Gasteiger partial charge in [-0.1, -0.05) is 17.8 Å². The lowest BCUT2D eigenvalue weighted by Gasteiger charge is -2.07. The van der Waals surface area contributed by atoms with Gasteiger partial charge in [-0.05, 0) is 42.5 Å². The first-order valence-electron chi connectivity index (χ1n) is 7.90. The Kier molecular flexibility index (Phi) is 5.75. The van der Waals surface area contributed by atoms with Crippen molar-refractivity contribution in [1.82, 2.24) is 14.8 Å². The lowest BCUT2D eigenvalue weighted by atomic mass is 10.1. The molecule has 0 unspecified atom stereocenters. The molecule has 0 N–H and O–H groups in total. The number of hydrogen-bond donors (Lipinski definition) is 0. The molecule has 3 rings (SSSR count). The molecule has 0 aliphatic rings. The third-order valence-corrected chi connectivity index (χ3v) is 4.67. The highest BCUT2D eigenvalue weighted by Crippen LogP contribution is 2.25. The predicted molar refractivity (Wildman–Crippen MR) is 97.0 cm³/mol. The van der Waals surface area contributed by atoms with Gasteiger partial charge in [0, 0.05) is 17.7 Å². The van der Waals surface area contributed by atoms with E-state index >= 15 is 0 Å². The minimum absolute atomic E-state index is 0.0240. The second-order valence-corrected chi connectivity index (χ2v) is 6.50. The number of aromatic nitrogens is 3. The Hall–Kier alpha value is -2.87. The summed E-state index contributed by atoms with van der Waals surface area (Å²) in [6, 6.07) is 8.83. The van der Waals surface area contributed by atoms with Crippen LogP contribution in [-0.2, 0) is 6.54 Å². The van der Waals surface area contributed by atoms with E-state index in [4.69, 9.17) is 0 Å². The number of allylic oxidation sites excluding steroid dienone is 1. The fraction of sp³-hybridized carbons (Fsp3) is 0.105. The minimum atomic E-state index is -1.07. The van der Waals surface area contributed by atoms with Crippen molar-refractivity contribution >= 4 is 17.5 Å². The normalized spacial score (nSPS) is 10.8. The van der Waals surface area contributed by atoms with Crippen molar-refractivity contribution in [2.24, 2.45) is 0 Å². The molecule has 1 heterocycles. The Bertz CT molecular complexity index is 986. The highest BCUT2D eigenvalue weighted by atomic mass is 32.2. The molecule has 1 aromatic heterocycles. The van der Waals surface area contributed by atoms with Crippen molar-refractivity contribution < 1.29 is 18.0 Å². The Morgan fingerprint density at radius 3 is 2.48 bits per heavy atom. The van der Waals surface area contributed by atoms with Crippen LogP contribution in [0.15, 0.2) is 60.3 Å². The van der Waals surface area contributed by atoms with Crippen molar-refractivity contribution in [1.29, 1.82) is 0 Å². The van der Waals surface area contributed by atoms with Gasteiger partial charge in [-0.3, -0.25) is 9.36 Å². The Balaban J connectivity index is 1.80. The average Bonchev–Trinajstić information content (AvgIpc) is 3.05. The van der Waals surface area contributed by atoms with Gasteiger partial charge in [0.25, 0.3) is 0 Å². The van der Waals surface area contributed by atoms with E-state index in [9.17, 15) is 18.0 Å². The number of rotatable bonds is 7. The van der Waals surface area contributed by atoms with Gasteiger partial charge in [-0.15, -0.1) is 16.8 Å². The van der Waals surface area contributed by atoms with Crippen molar-refractivity contribution in [3.63, 3.8) is 0 Å². The molecular formula is C19H14F3N3OS. The summed E-state index contributed by atoms with van der Waals surface area (Å²) in [6.07, 6.45) is 1.65. The minimum Gasteiger partial charge on any atom is -0.298 e. The third-order valence-electron chi connectivity index (χ3n) is 3.70. The maximum absolute atomic E-state index is 13.3. The van der Waals surface area contributed by atoms with Crippen molar-refractivity contribution in [2.75, 3.05) is 5.75 Å². The number of ketones is 1. The smallest absolute Gasteiger partial charge is 0.192 e. The first-order chi connectivity index (χ1) is 13.0. The van der Waals surface area contributed by atoms with E-state index in [1.54, 1.807) is 22.8 Å². The zero-order valence-corrected chi connectivity index (χ0v) is 14.8. The highest BCUT2D eigenvalue weighted by molar-refractivity contribution is 7.99. The van der Waals surface area contributed by atoms with E-state index in [0.717, 1.165) is 23.9 Å². The van der Waals surface area contributed by atoms with E-state index in [1.807, 2.05) is 0 Å². The lowest BCUT2D eigenvalue weighted by molar-refractivity contribution is 0.102. The summed E-state index contributed by atoms with van der Waals surface area (Å²) in [4.78, 5) is 12.2. The SMILES string of the molecule is C=CCn1c(SCC(=O)c2ccc(F)c(F)c2)nnc1-c1ccc(F)cc1. The number of benzene rings is 2. The summed E-state index contributed by atoms with van der Waals surface area (Å²) in [5.41, 5.74) is 0.750. The van der Waals surface area contributed by atoms with Gasteiger partial charge < -0.3 is 0 Å². The molecule has 0 saturated carbocycles. The third kappa shape index (κ3) is 4.28. The zero-order valence-electron chi connectivity index (χ0n) is 14.0. The molecule has 0 aliphatic heterocycles. The van der Waals surface area contributed by atoms with Crippen LogP contribution in [0.3, 0.4) is 0 Å². The van der Waals surface area contributed by atoms with Crippen LogP contribution in [0.5, 0.6) is 0 Å². The standard InChI is InChI=1S/C19H14F3N3OS/c1-2-9-25-18(12-3-6-14(20)7-4-12)23-24-19(25)27-11-17(26)13-5-8-15(21)16(22)10-13/h2-8,10H,1,9,11H2. The molecule has 0 spiro atoms. The van der Waals surface area contributed by atoms with Crippen LogP contribution in [0.2, 0.25) is 0 Å². The van der Waals surface area contributed by atoms with Gasteiger partial charge in [-0.2, -0.15) is 0 Å². The van der Waals surface area contributed by atoms with Crippen molar-refractivity contribution in [2.45, 2.75) is 11.7 Å². The highest BCUT2D eigenvalue weighted by Gasteiger charge is 2.16. The summed E-state index contributed by atoms with van der Waals surface area (Å²) in [6.45, 7) is 4.09. The molecule has 0 aliphatic carbocycles. The second kappa shape index (κ2) is 8.22. The Labute approximate surface area is 157 Å². The molecule has 138 valence electrons. The number of carbonyl (C=O) groups excluding carboxylic acids is 1. The molecule has 8 heteroatoms. The summed E-state index contributed by atoms with van der Waals surface area (Å²) in [5, 5.41) is 8.65. The van der Waals surface area contributed by atoms with E-state index in [1.165, 1.54) is 18.2 Å². The molecule has 0 bridgehead atoms. The molecule has 0 radical (unpaired) electrons. The van der Waals surface area contributed by atoms with E-state index in [0.29, 0.717) is 23.1 Å². The van der Waals surface area contributed by atoms with Gasteiger partial charge in [0.05, 0.1) is 5.75 Å². The molecule has 4 nitrogen and oxygen atoms in total. The second-order valence-electron chi connectivity index (χ2n) is 5.55. The monoisotopic (exact) mass is 389 g/mol. The fourth-order valence-corrected chi connectivity index (χ4v) is 3.23. The summed E-state index contributed by atoms with van der Waals surface area (Å²) in [7, 11) is 0. The van der Waals surface area contributed by atoms with Gasteiger partial charge in [0.1, 0.15) is 5.82 Å². The summed E-state index contributed by atoms with van der Waals surface area (Å²) < 4.78 is 41.2. The predicted octanol–water partition coefficient (Wildman–Crippen LogP) is 4.52. The summed E-state index contributed by atoms with van der Waals surface area (Å²) in [5.74, 6) is -2.31. The Morgan fingerprint density at radius 2 is 1.81 bits per heavy atom. The maximum atomic E-state index is 13.3. The van der Waals surface area contributed by atoms with Crippen LogP contribution in [-0.4, -0.2) is 26.3 Å². The van der Waals surface area contributed by atoms with Gasteiger partial charge in [-0.25, -0.2) is 13.2 Å². The van der Waals surface area contributed by atoms with Crippen molar-refractivity contribution in [3.05, 3.63) is 78.1 Å². The van der Waals surface area contributed by atoms with Crippen LogP contribution in [0.1, 0.15) is 10.4 Å². The molecule has 2 aromatic carbocycles. The molecule has 0 saturated heterocycles. The number of hydrogen-bond acceptors (Lipinski definition) is 4. The molecule has 0 amide bonds. The van der Waals surface area contributed by atoms with Gasteiger partial charge >= 0.3 is 0 Å². The van der Waals surface area contributed by atoms with E-state index in [2.05, 4.69) is 16.8 Å². The number of halogens is 3. The van der Waals surface area contributed by atoms with Crippen LogP contribution < -0.4 is 0 Å². The molecule has 3 aromatic rings. The van der Waals surface area contributed by atoms with Crippen LogP contribution >= 0.6 is 11.8 Å². The quantitative estimate of drug-likeness (QED) is 0.339. The molecule has 0 atom stereocenters. The average molecular weight is 389 g/mol. The Morgan fingerprint density at radius 1 is 1.07 bits per heavy atom. The number of carbonyl (C=O) groups is 1. The number of thioether (sulfide) groups is 1. The molecule has 27 heavy (non-hydrogen) atoms.